The van der Waals surface area contributed by atoms with Crippen molar-refractivity contribution in [1.29, 1.82) is 0 Å². The molecule has 4 aromatic rings. The molecule has 0 bridgehead atoms. The number of hydrazone groups is 1. The molecule has 0 unspecified atom stereocenters. The van der Waals surface area contributed by atoms with E-state index in [-0.39, 0.29) is 15.6 Å². The van der Waals surface area contributed by atoms with E-state index in [2.05, 4.69) is 10.5 Å². The lowest BCUT2D eigenvalue weighted by molar-refractivity contribution is -0.119. The van der Waals surface area contributed by atoms with Gasteiger partial charge in [-0.15, -0.1) is 0 Å². The van der Waals surface area contributed by atoms with Crippen molar-refractivity contribution in [2.24, 2.45) is 5.10 Å². The molecule has 43 heavy (non-hydrogen) atoms. The van der Waals surface area contributed by atoms with Crippen LogP contribution in [0.1, 0.15) is 18.1 Å². The summed E-state index contributed by atoms with van der Waals surface area (Å²) in [6.07, 6.45) is 1.42. The molecule has 0 aliphatic rings. The molecule has 0 aromatic heterocycles. The Morgan fingerprint density at radius 1 is 0.907 bits per heavy atom. The monoisotopic (exact) mass is 641 g/mol. The highest BCUT2D eigenvalue weighted by Crippen LogP contribution is 2.32. The molecular formula is C31H29Cl2N3O6S. The minimum absolute atomic E-state index is 0.0133. The molecule has 0 spiro atoms. The van der Waals surface area contributed by atoms with Crippen LogP contribution >= 0.6 is 23.2 Å². The van der Waals surface area contributed by atoms with Gasteiger partial charge in [0.15, 0.2) is 11.5 Å². The van der Waals surface area contributed by atoms with Crippen molar-refractivity contribution in [3.63, 3.8) is 0 Å². The summed E-state index contributed by atoms with van der Waals surface area (Å²) >= 11 is 12.3. The highest BCUT2D eigenvalue weighted by atomic mass is 35.5. The molecule has 0 saturated heterocycles. The van der Waals surface area contributed by atoms with Gasteiger partial charge in [0.1, 0.15) is 18.9 Å². The number of anilines is 1. The Morgan fingerprint density at radius 2 is 1.67 bits per heavy atom. The Labute approximate surface area is 260 Å². The van der Waals surface area contributed by atoms with E-state index in [9.17, 15) is 13.2 Å². The third-order valence-electron chi connectivity index (χ3n) is 6.00. The van der Waals surface area contributed by atoms with Gasteiger partial charge >= 0.3 is 0 Å². The molecule has 1 amide bonds. The summed E-state index contributed by atoms with van der Waals surface area (Å²) < 4.78 is 44.8. The number of amides is 1. The van der Waals surface area contributed by atoms with Crippen molar-refractivity contribution < 1.29 is 27.4 Å². The number of nitrogens with one attached hydrogen (secondary N) is 1. The molecule has 0 heterocycles. The van der Waals surface area contributed by atoms with Crippen LogP contribution in [0, 0.1) is 0 Å². The quantitative estimate of drug-likeness (QED) is 0.135. The van der Waals surface area contributed by atoms with Gasteiger partial charge in [-0.3, -0.25) is 9.10 Å². The lowest BCUT2D eigenvalue weighted by Crippen LogP contribution is -2.39. The standard InChI is InChI=1S/C31H29Cl2N3O6S/c1-3-41-30-17-22(12-14-29(30)42-21-23-8-7-9-24(32)16-23)19-34-35-31(37)20-36(25-13-15-28(40-2)27(33)18-25)43(38,39)26-10-5-4-6-11-26/h4-19H,3,20-21H2,1-2H3,(H,35,37)/b34-19-. The van der Waals surface area contributed by atoms with E-state index in [4.69, 9.17) is 37.4 Å². The van der Waals surface area contributed by atoms with E-state index >= 15 is 0 Å². The lowest BCUT2D eigenvalue weighted by atomic mass is 10.2. The zero-order chi connectivity index (χ0) is 30.8. The normalized spacial score (nSPS) is 11.3. The summed E-state index contributed by atoms with van der Waals surface area (Å²) in [7, 11) is -2.68. The number of sulfonamides is 1. The molecule has 224 valence electrons. The van der Waals surface area contributed by atoms with E-state index in [1.54, 1.807) is 42.5 Å². The molecule has 4 aromatic carbocycles. The minimum Gasteiger partial charge on any atom is -0.495 e. The first-order valence-electron chi connectivity index (χ1n) is 13.1. The van der Waals surface area contributed by atoms with Crippen molar-refractivity contribution in [3.05, 3.63) is 112 Å². The number of carbonyl (C=O) groups is 1. The Balaban J connectivity index is 1.49. The summed E-state index contributed by atoms with van der Waals surface area (Å²) in [6, 6.07) is 24.8. The third-order valence-corrected chi connectivity index (χ3v) is 8.31. The summed E-state index contributed by atoms with van der Waals surface area (Å²) in [6.45, 7) is 2.00. The van der Waals surface area contributed by atoms with E-state index in [0.717, 1.165) is 9.87 Å². The highest BCUT2D eigenvalue weighted by molar-refractivity contribution is 7.92. The van der Waals surface area contributed by atoms with Crippen LogP contribution in [0.3, 0.4) is 0 Å². The van der Waals surface area contributed by atoms with E-state index in [1.807, 2.05) is 25.1 Å². The Morgan fingerprint density at radius 3 is 2.37 bits per heavy atom. The number of hydrogen-bond acceptors (Lipinski definition) is 7. The van der Waals surface area contributed by atoms with Crippen molar-refractivity contribution in [3.8, 4) is 17.2 Å². The predicted molar refractivity (Wildman–Crippen MR) is 168 cm³/mol. The molecule has 0 radical (unpaired) electrons. The lowest BCUT2D eigenvalue weighted by Gasteiger charge is -2.24. The number of nitrogens with zero attached hydrogens (tertiary/aromatic N) is 2. The van der Waals surface area contributed by atoms with Crippen LogP contribution in [0.4, 0.5) is 5.69 Å². The van der Waals surface area contributed by atoms with Gasteiger partial charge in [-0.25, -0.2) is 13.8 Å². The molecule has 9 nitrogen and oxygen atoms in total. The topological polar surface area (TPSA) is 107 Å². The van der Waals surface area contributed by atoms with Crippen LogP contribution < -0.4 is 23.9 Å². The number of hydrogen-bond donors (Lipinski definition) is 1. The fourth-order valence-electron chi connectivity index (χ4n) is 3.97. The van der Waals surface area contributed by atoms with Gasteiger partial charge in [-0.1, -0.05) is 53.5 Å². The number of halogens is 2. The maximum Gasteiger partial charge on any atom is 0.264 e. The number of benzene rings is 4. The second-order valence-electron chi connectivity index (χ2n) is 8.99. The fourth-order valence-corrected chi connectivity index (χ4v) is 5.87. The number of rotatable bonds is 13. The van der Waals surface area contributed by atoms with Crippen LogP contribution in [0.2, 0.25) is 10.0 Å². The molecule has 0 aliphatic carbocycles. The predicted octanol–water partition coefficient (Wildman–Crippen LogP) is 6.33. The van der Waals surface area contributed by atoms with Gasteiger partial charge in [0.05, 0.1) is 35.5 Å². The smallest absolute Gasteiger partial charge is 0.264 e. The van der Waals surface area contributed by atoms with Crippen LogP contribution in [0.5, 0.6) is 17.2 Å². The van der Waals surface area contributed by atoms with Gasteiger partial charge in [-0.05, 0) is 78.7 Å². The first-order valence-corrected chi connectivity index (χ1v) is 15.3. The first-order chi connectivity index (χ1) is 20.7. The van der Waals surface area contributed by atoms with E-state index < -0.39 is 22.5 Å². The number of ether oxygens (including phenoxy) is 3. The molecule has 0 saturated carbocycles. The van der Waals surface area contributed by atoms with Crippen LogP contribution in [-0.2, 0) is 21.4 Å². The van der Waals surface area contributed by atoms with Gasteiger partial charge < -0.3 is 14.2 Å². The SMILES string of the molecule is CCOc1cc(/C=N\NC(=O)CN(c2ccc(OC)c(Cl)c2)S(=O)(=O)c2ccccc2)ccc1OCc1cccc(Cl)c1. The number of methoxy groups -OCH3 is 1. The average Bonchev–Trinajstić information content (AvgIpc) is 3.00. The molecular weight excluding hydrogens is 613 g/mol. The molecule has 1 N–H and O–H groups in total. The molecule has 4 rings (SSSR count). The molecule has 12 heteroatoms. The minimum atomic E-state index is -4.12. The second-order valence-corrected chi connectivity index (χ2v) is 11.7. The summed E-state index contributed by atoms with van der Waals surface area (Å²) in [5.41, 5.74) is 4.10. The van der Waals surface area contributed by atoms with Crippen molar-refractivity contribution in [2.75, 3.05) is 24.6 Å². The first kappa shape index (κ1) is 31.7. The Hall–Kier alpha value is -4.25. The zero-order valence-electron chi connectivity index (χ0n) is 23.4. The Bertz CT molecular complexity index is 1700. The van der Waals surface area contributed by atoms with Gasteiger partial charge in [-0.2, -0.15) is 5.10 Å². The largest absolute Gasteiger partial charge is 0.495 e. The maximum atomic E-state index is 13.5. The number of carbonyl (C=O) groups excluding carboxylic acids is 1. The van der Waals surface area contributed by atoms with Crippen LogP contribution in [0.25, 0.3) is 0 Å². The molecule has 0 aliphatic heterocycles. The molecule has 0 atom stereocenters. The third kappa shape index (κ3) is 8.41. The Kier molecular flexibility index (Phi) is 10.9. The van der Waals surface area contributed by atoms with Crippen molar-refractivity contribution in [2.45, 2.75) is 18.4 Å². The highest BCUT2D eigenvalue weighted by Gasteiger charge is 2.27. The van der Waals surface area contributed by atoms with Crippen molar-refractivity contribution >= 4 is 51.0 Å². The van der Waals surface area contributed by atoms with Gasteiger partial charge in [0.25, 0.3) is 15.9 Å². The van der Waals surface area contributed by atoms with Crippen LogP contribution in [-0.4, -0.2) is 40.8 Å². The summed E-state index contributed by atoms with van der Waals surface area (Å²) in [4.78, 5) is 12.9. The van der Waals surface area contributed by atoms with Gasteiger partial charge in [0.2, 0.25) is 0 Å². The fraction of sp³-hybridized carbons (Fsp3) is 0.161. The maximum absolute atomic E-state index is 13.5. The van der Waals surface area contributed by atoms with E-state index in [0.29, 0.717) is 41.0 Å². The summed E-state index contributed by atoms with van der Waals surface area (Å²) in [5.74, 6) is 0.720. The van der Waals surface area contributed by atoms with Crippen molar-refractivity contribution in [1.82, 2.24) is 5.43 Å². The zero-order valence-corrected chi connectivity index (χ0v) is 25.7. The van der Waals surface area contributed by atoms with Crippen LogP contribution in [0.15, 0.2) is 101 Å². The summed E-state index contributed by atoms with van der Waals surface area (Å²) in [5, 5.41) is 4.83. The van der Waals surface area contributed by atoms with Gasteiger partial charge in [0, 0.05) is 5.02 Å². The molecule has 0 fully saturated rings. The average molecular weight is 643 g/mol. The second kappa shape index (κ2) is 14.8. The van der Waals surface area contributed by atoms with E-state index in [1.165, 1.54) is 43.7 Å².